The molecule has 4 saturated heterocycles. The van der Waals surface area contributed by atoms with Crippen molar-refractivity contribution in [2.45, 2.75) is 130 Å². The molecule has 0 N–H and O–H groups in total. The first-order valence-electron chi connectivity index (χ1n) is 22.4. The second-order valence-electron chi connectivity index (χ2n) is 18.3. The summed E-state index contributed by atoms with van der Waals surface area (Å²) in [6.45, 7) is 12.4. The molecule has 4 heterocycles. The van der Waals surface area contributed by atoms with Gasteiger partial charge in [-0.1, -0.05) is 172 Å². The van der Waals surface area contributed by atoms with Gasteiger partial charge in [-0.3, -0.25) is 0 Å². The maximum Gasteiger partial charge on any atom is 0.192 e. The largest absolute Gasteiger partial charge is 0.406 e. The van der Waals surface area contributed by atoms with Crippen molar-refractivity contribution in [2.24, 2.45) is 0 Å². The van der Waals surface area contributed by atoms with Crippen molar-refractivity contribution >= 4 is 20.1 Å². The lowest BCUT2D eigenvalue weighted by Crippen LogP contribution is -2.68. The third-order valence-electron chi connectivity index (χ3n) is 12.8. The van der Waals surface area contributed by atoms with Crippen LogP contribution < -0.4 is 0 Å². The lowest BCUT2D eigenvalue weighted by Gasteiger charge is -2.54. The van der Waals surface area contributed by atoms with Crippen molar-refractivity contribution in [1.82, 2.24) is 0 Å². The topological polar surface area (TPSA) is 92.3 Å². The Morgan fingerprint density at radius 3 is 1.45 bits per heavy atom. The lowest BCUT2D eigenvalue weighted by atomic mass is 9.96. The number of hydrogen-bond acceptors (Lipinski definition) is 11. The zero-order valence-corrected chi connectivity index (χ0v) is 39.0. The summed E-state index contributed by atoms with van der Waals surface area (Å²) in [6, 6.07) is 50.6. The van der Waals surface area contributed by atoms with Gasteiger partial charge in [0.1, 0.15) is 54.3 Å². The molecule has 12 heteroatoms. The summed E-state index contributed by atoms with van der Waals surface area (Å²) < 4.78 is 69.9. The summed E-state index contributed by atoms with van der Waals surface area (Å²) in [5, 5.41) is -0.155. The molecule has 4 fully saturated rings. The van der Waals surface area contributed by atoms with Crippen LogP contribution in [0.4, 0.5) is 0 Å². The minimum Gasteiger partial charge on any atom is -0.406 e. The Bertz CT molecular complexity index is 2180. The summed E-state index contributed by atoms with van der Waals surface area (Å²) in [5.74, 6) is 0. The molecule has 4 aliphatic heterocycles. The molecule has 0 amide bonds. The van der Waals surface area contributed by atoms with E-state index >= 15 is 0 Å². The van der Waals surface area contributed by atoms with Gasteiger partial charge < -0.3 is 47.1 Å². The highest BCUT2D eigenvalue weighted by Gasteiger charge is 2.58. The second kappa shape index (κ2) is 20.4. The van der Waals surface area contributed by atoms with E-state index in [9.17, 15) is 0 Å². The standard InChI is InChI=1S/C52H60O10SSi/c1-52(2,3)64(4,5)62-46-44(53-31-35-21-11-6-12-22-35)42-40(33-55-48(59-42)37-25-15-8-16-26-37)57-50(46)61-47-45(54-32-36-23-13-7-14-24-36)43-41(58-51(47)63-39-29-19-10-20-30-39)34-56-49(60-43)38-27-17-9-18-28-38/h6-30,40-51H,31-34H2,1-5H3/t40-,41-,42-,43-,44+,45+,46+,47+,48?,49?,50+,51-/m1/s1. The second-order valence-corrected chi connectivity index (χ2v) is 24.3. The first-order valence-corrected chi connectivity index (χ1v) is 26.2. The van der Waals surface area contributed by atoms with Gasteiger partial charge in [0.15, 0.2) is 27.2 Å². The van der Waals surface area contributed by atoms with Gasteiger partial charge in [0.25, 0.3) is 0 Å². The van der Waals surface area contributed by atoms with E-state index in [0.717, 1.165) is 27.1 Å². The smallest absolute Gasteiger partial charge is 0.192 e. The van der Waals surface area contributed by atoms with E-state index in [0.29, 0.717) is 19.8 Å². The van der Waals surface area contributed by atoms with Crippen molar-refractivity contribution < 1.29 is 47.1 Å². The van der Waals surface area contributed by atoms with Gasteiger partial charge in [0.05, 0.1) is 26.4 Å². The molecule has 338 valence electrons. The molecule has 10 nitrogen and oxygen atoms in total. The van der Waals surface area contributed by atoms with Crippen LogP contribution in [0.2, 0.25) is 18.1 Å². The Kier molecular flexibility index (Phi) is 14.5. The third kappa shape index (κ3) is 10.6. The number of ether oxygens (including phenoxy) is 9. The Labute approximate surface area is 382 Å². The summed E-state index contributed by atoms with van der Waals surface area (Å²) in [6.07, 6.45) is -6.99. The average Bonchev–Trinajstić information content (AvgIpc) is 3.32. The highest BCUT2D eigenvalue weighted by Crippen LogP contribution is 2.46. The van der Waals surface area contributed by atoms with Crippen LogP contribution in [0, 0.1) is 0 Å². The first kappa shape index (κ1) is 45.4. The zero-order chi connectivity index (χ0) is 44.1. The van der Waals surface area contributed by atoms with Crippen molar-refractivity contribution in [3.63, 3.8) is 0 Å². The molecule has 0 aromatic heterocycles. The van der Waals surface area contributed by atoms with Crippen LogP contribution in [0.15, 0.2) is 157 Å². The quantitative estimate of drug-likeness (QED) is 0.0998. The Balaban J connectivity index is 1.11. The van der Waals surface area contributed by atoms with E-state index in [4.69, 9.17) is 47.1 Å². The van der Waals surface area contributed by atoms with E-state index in [1.807, 2.05) is 115 Å². The first-order chi connectivity index (χ1) is 31.1. The van der Waals surface area contributed by atoms with Gasteiger partial charge in [-0.2, -0.15) is 0 Å². The lowest BCUT2D eigenvalue weighted by molar-refractivity contribution is -0.387. The normalized spacial score (nSPS) is 30.8. The molecule has 0 spiro atoms. The number of fused-ring (bicyclic) bond motifs is 2. The van der Waals surface area contributed by atoms with Crippen LogP contribution in [-0.4, -0.2) is 82.1 Å². The molecule has 12 atom stereocenters. The summed E-state index contributed by atoms with van der Waals surface area (Å²) in [5.41, 5.74) is 3.32. The molecule has 0 saturated carbocycles. The number of benzene rings is 5. The maximum absolute atomic E-state index is 7.51. The van der Waals surface area contributed by atoms with E-state index in [-0.39, 0.29) is 11.6 Å². The molecular weight excluding hydrogens is 845 g/mol. The minimum atomic E-state index is -2.55. The van der Waals surface area contributed by atoms with Crippen LogP contribution >= 0.6 is 11.8 Å². The molecule has 5 aromatic rings. The van der Waals surface area contributed by atoms with Gasteiger partial charge in [-0.05, 0) is 41.4 Å². The molecule has 0 radical (unpaired) electrons. The molecule has 0 aliphatic carbocycles. The van der Waals surface area contributed by atoms with Crippen LogP contribution in [0.25, 0.3) is 0 Å². The molecule has 2 unspecified atom stereocenters. The summed E-state index contributed by atoms with van der Waals surface area (Å²) in [4.78, 5) is 1.02. The van der Waals surface area contributed by atoms with E-state index in [2.05, 4.69) is 70.3 Å². The number of rotatable bonds is 14. The monoisotopic (exact) mass is 904 g/mol. The third-order valence-corrected chi connectivity index (χ3v) is 18.4. The predicted octanol–water partition coefficient (Wildman–Crippen LogP) is 10.4. The van der Waals surface area contributed by atoms with Gasteiger partial charge in [0.2, 0.25) is 0 Å². The number of hydrogen-bond donors (Lipinski definition) is 0. The Morgan fingerprint density at radius 1 is 0.531 bits per heavy atom. The van der Waals surface area contributed by atoms with Crippen LogP contribution in [-0.2, 0) is 60.3 Å². The van der Waals surface area contributed by atoms with Crippen molar-refractivity contribution in [3.8, 4) is 0 Å². The Hall–Kier alpha value is -3.73. The van der Waals surface area contributed by atoms with Crippen molar-refractivity contribution in [1.29, 1.82) is 0 Å². The van der Waals surface area contributed by atoms with Gasteiger partial charge in [-0.25, -0.2) is 0 Å². The molecule has 64 heavy (non-hydrogen) atoms. The van der Waals surface area contributed by atoms with Crippen LogP contribution in [0.1, 0.15) is 55.6 Å². The van der Waals surface area contributed by atoms with Crippen LogP contribution in [0.3, 0.4) is 0 Å². The zero-order valence-electron chi connectivity index (χ0n) is 37.2. The van der Waals surface area contributed by atoms with Gasteiger partial charge in [-0.15, -0.1) is 0 Å². The molecule has 4 aliphatic rings. The SMILES string of the molecule is CC(C)(C)[Si](C)(C)O[C@@H]1[C@H](O[C@H]2[C@@H](OCc3ccccc3)[C@@H]3OC(c4ccccc4)OC[C@H]3O[C@@H]2Sc2ccccc2)O[C@@H]2COC(c3ccccc3)O[C@H]2[C@@H]1OCc1ccccc1. The molecular formula is C52H60O10SSi. The minimum absolute atomic E-state index is 0.155. The highest BCUT2D eigenvalue weighted by molar-refractivity contribution is 7.99. The molecule has 0 bridgehead atoms. The van der Waals surface area contributed by atoms with E-state index < -0.39 is 81.5 Å². The number of thioether (sulfide) groups is 1. The highest BCUT2D eigenvalue weighted by atomic mass is 32.2. The van der Waals surface area contributed by atoms with Gasteiger partial charge >= 0.3 is 0 Å². The maximum atomic E-state index is 7.51. The van der Waals surface area contributed by atoms with E-state index in [1.54, 1.807) is 11.8 Å². The Morgan fingerprint density at radius 2 is 0.969 bits per heavy atom. The fourth-order valence-electron chi connectivity index (χ4n) is 8.34. The summed E-state index contributed by atoms with van der Waals surface area (Å²) in [7, 11) is -2.55. The fourth-order valence-corrected chi connectivity index (χ4v) is 10.8. The average molecular weight is 905 g/mol. The molecule has 9 rings (SSSR count). The van der Waals surface area contributed by atoms with Gasteiger partial charge in [0, 0.05) is 16.0 Å². The molecule has 5 aromatic carbocycles. The van der Waals surface area contributed by atoms with Crippen LogP contribution in [0.5, 0.6) is 0 Å². The van der Waals surface area contributed by atoms with E-state index in [1.165, 1.54) is 0 Å². The predicted molar refractivity (Wildman–Crippen MR) is 247 cm³/mol. The van der Waals surface area contributed by atoms with Crippen molar-refractivity contribution in [3.05, 3.63) is 174 Å². The summed E-state index contributed by atoms with van der Waals surface area (Å²) >= 11 is 1.58. The van der Waals surface area contributed by atoms with Crippen molar-refractivity contribution in [2.75, 3.05) is 13.2 Å². The fraction of sp³-hybridized carbons (Fsp3) is 0.423.